The highest BCUT2D eigenvalue weighted by atomic mass is 35.5. The number of methoxy groups -OCH3 is 1. The highest BCUT2D eigenvalue weighted by Crippen LogP contribution is 2.31. The molecule has 0 spiro atoms. The van der Waals surface area contributed by atoms with Gasteiger partial charge in [-0.1, -0.05) is 17.7 Å². The Morgan fingerprint density at radius 3 is 2.63 bits per heavy atom. The third-order valence-electron chi connectivity index (χ3n) is 2.73. The van der Waals surface area contributed by atoms with E-state index >= 15 is 0 Å². The van der Waals surface area contributed by atoms with Crippen LogP contribution in [0, 0.1) is 18.3 Å². The zero-order valence-corrected chi connectivity index (χ0v) is 11.5. The van der Waals surface area contributed by atoms with Crippen molar-refractivity contribution in [2.45, 2.75) is 6.92 Å². The number of ether oxygens (including phenoxy) is 1. The molecule has 3 nitrogen and oxygen atoms in total. The smallest absolute Gasteiger partial charge is 0.142 e. The molecule has 0 aliphatic carbocycles. The molecule has 96 valence electrons. The minimum atomic E-state index is 0.535. The van der Waals surface area contributed by atoms with Crippen molar-refractivity contribution in [3.63, 3.8) is 0 Å². The van der Waals surface area contributed by atoms with E-state index in [1.54, 1.807) is 25.3 Å². The molecule has 1 N–H and O–H groups in total. The standard InChI is InChI=1S/C15H13ClN2O/c1-10-3-6-15(19-2)14(7-10)18-13-8-12(16)5-4-11(13)9-17/h3-8,18H,1-2H3. The third kappa shape index (κ3) is 2.98. The van der Waals surface area contributed by atoms with Gasteiger partial charge in [0.1, 0.15) is 11.8 Å². The molecular weight excluding hydrogens is 260 g/mol. The van der Waals surface area contributed by atoms with E-state index in [-0.39, 0.29) is 0 Å². The average molecular weight is 273 g/mol. The maximum atomic E-state index is 9.10. The Morgan fingerprint density at radius 1 is 1.16 bits per heavy atom. The van der Waals surface area contributed by atoms with E-state index in [0.717, 1.165) is 17.0 Å². The maximum Gasteiger partial charge on any atom is 0.142 e. The van der Waals surface area contributed by atoms with Crippen molar-refractivity contribution in [3.8, 4) is 11.8 Å². The first-order chi connectivity index (χ1) is 9.13. The number of nitrogens with zero attached hydrogens (tertiary/aromatic N) is 1. The summed E-state index contributed by atoms with van der Waals surface area (Å²) in [5.41, 5.74) is 3.11. The molecule has 0 aliphatic heterocycles. The molecule has 2 aromatic carbocycles. The Labute approximate surface area is 117 Å². The van der Waals surface area contributed by atoms with Crippen LogP contribution in [0.15, 0.2) is 36.4 Å². The van der Waals surface area contributed by atoms with Crippen molar-refractivity contribution in [2.75, 3.05) is 12.4 Å². The van der Waals surface area contributed by atoms with Crippen LogP contribution in [-0.2, 0) is 0 Å². The minimum Gasteiger partial charge on any atom is -0.495 e. The first-order valence-electron chi connectivity index (χ1n) is 5.75. The van der Waals surface area contributed by atoms with Gasteiger partial charge in [0.2, 0.25) is 0 Å². The van der Waals surface area contributed by atoms with Gasteiger partial charge in [-0.3, -0.25) is 0 Å². The number of nitrogens with one attached hydrogen (secondary N) is 1. The topological polar surface area (TPSA) is 45.0 Å². The summed E-state index contributed by atoms with van der Waals surface area (Å²) >= 11 is 5.96. The number of halogens is 1. The fraction of sp³-hybridized carbons (Fsp3) is 0.133. The molecule has 0 unspecified atom stereocenters. The summed E-state index contributed by atoms with van der Waals surface area (Å²) in [7, 11) is 1.61. The molecule has 0 fully saturated rings. The van der Waals surface area contributed by atoms with Crippen LogP contribution in [0.5, 0.6) is 5.75 Å². The fourth-order valence-corrected chi connectivity index (χ4v) is 1.95. The number of benzene rings is 2. The molecule has 2 rings (SSSR count). The second kappa shape index (κ2) is 5.64. The van der Waals surface area contributed by atoms with Gasteiger partial charge in [0.05, 0.1) is 24.0 Å². The first kappa shape index (κ1) is 13.3. The van der Waals surface area contributed by atoms with Crippen LogP contribution in [0.25, 0.3) is 0 Å². The molecule has 0 bridgehead atoms. The maximum absolute atomic E-state index is 9.10. The van der Waals surface area contributed by atoms with E-state index in [2.05, 4.69) is 11.4 Å². The van der Waals surface area contributed by atoms with Crippen molar-refractivity contribution in [1.29, 1.82) is 5.26 Å². The van der Waals surface area contributed by atoms with Crippen LogP contribution in [0.4, 0.5) is 11.4 Å². The van der Waals surface area contributed by atoms with Crippen LogP contribution < -0.4 is 10.1 Å². The number of anilines is 2. The summed E-state index contributed by atoms with van der Waals surface area (Å²) in [5.74, 6) is 0.717. The molecule has 0 amide bonds. The van der Waals surface area contributed by atoms with Crippen molar-refractivity contribution < 1.29 is 4.74 Å². The van der Waals surface area contributed by atoms with Crippen molar-refractivity contribution in [2.24, 2.45) is 0 Å². The number of aryl methyl sites for hydroxylation is 1. The van der Waals surface area contributed by atoms with Gasteiger partial charge in [-0.15, -0.1) is 0 Å². The van der Waals surface area contributed by atoms with Gasteiger partial charge < -0.3 is 10.1 Å². The molecule has 0 atom stereocenters. The Hall–Kier alpha value is -2.18. The van der Waals surface area contributed by atoms with Crippen LogP contribution >= 0.6 is 11.6 Å². The molecule has 2 aromatic rings. The van der Waals surface area contributed by atoms with Gasteiger partial charge in [-0.05, 0) is 42.8 Å². The largest absolute Gasteiger partial charge is 0.495 e. The SMILES string of the molecule is COc1ccc(C)cc1Nc1cc(Cl)ccc1C#N. The summed E-state index contributed by atoms with van der Waals surface area (Å²) in [4.78, 5) is 0. The van der Waals surface area contributed by atoms with Gasteiger partial charge >= 0.3 is 0 Å². The molecule has 0 aliphatic rings. The molecule has 0 saturated heterocycles. The summed E-state index contributed by atoms with van der Waals surface area (Å²) in [6.45, 7) is 1.99. The molecule has 0 radical (unpaired) electrons. The molecule has 0 saturated carbocycles. The Bertz CT molecular complexity index is 647. The van der Waals surface area contributed by atoms with E-state index < -0.39 is 0 Å². The Balaban J connectivity index is 2.44. The van der Waals surface area contributed by atoms with E-state index in [9.17, 15) is 0 Å². The molecule has 0 aromatic heterocycles. The summed E-state index contributed by atoms with van der Waals surface area (Å²) in [6.07, 6.45) is 0. The van der Waals surface area contributed by atoms with Gasteiger partial charge in [0.15, 0.2) is 0 Å². The molecule has 0 heterocycles. The summed E-state index contributed by atoms with van der Waals surface area (Å²) < 4.78 is 5.30. The van der Waals surface area contributed by atoms with Gasteiger partial charge in [-0.2, -0.15) is 5.26 Å². The Morgan fingerprint density at radius 2 is 1.95 bits per heavy atom. The lowest BCUT2D eigenvalue weighted by molar-refractivity contribution is 0.416. The second-order valence-electron chi connectivity index (χ2n) is 4.13. The predicted octanol–water partition coefficient (Wildman–Crippen LogP) is 4.27. The van der Waals surface area contributed by atoms with Crippen LogP contribution in [0.3, 0.4) is 0 Å². The van der Waals surface area contributed by atoms with E-state index in [1.807, 2.05) is 25.1 Å². The van der Waals surface area contributed by atoms with E-state index in [0.29, 0.717) is 16.3 Å². The highest BCUT2D eigenvalue weighted by molar-refractivity contribution is 6.30. The minimum absolute atomic E-state index is 0.535. The lowest BCUT2D eigenvalue weighted by Gasteiger charge is -2.13. The lowest BCUT2D eigenvalue weighted by Crippen LogP contribution is -1.97. The lowest BCUT2D eigenvalue weighted by atomic mass is 10.1. The van der Waals surface area contributed by atoms with Crippen molar-refractivity contribution >= 4 is 23.0 Å². The second-order valence-corrected chi connectivity index (χ2v) is 4.57. The Kier molecular flexibility index (Phi) is 3.94. The van der Waals surface area contributed by atoms with Gasteiger partial charge in [0.25, 0.3) is 0 Å². The molecular formula is C15H13ClN2O. The van der Waals surface area contributed by atoms with Crippen LogP contribution in [-0.4, -0.2) is 7.11 Å². The van der Waals surface area contributed by atoms with Gasteiger partial charge in [-0.25, -0.2) is 0 Å². The number of nitriles is 1. The van der Waals surface area contributed by atoms with Crippen molar-refractivity contribution in [3.05, 3.63) is 52.5 Å². The monoisotopic (exact) mass is 272 g/mol. The van der Waals surface area contributed by atoms with Crippen LogP contribution in [0.2, 0.25) is 5.02 Å². The van der Waals surface area contributed by atoms with Crippen LogP contribution in [0.1, 0.15) is 11.1 Å². The number of hydrogen-bond donors (Lipinski definition) is 1. The summed E-state index contributed by atoms with van der Waals surface area (Å²) in [6, 6.07) is 13.0. The zero-order valence-electron chi connectivity index (χ0n) is 10.7. The van der Waals surface area contributed by atoms with Crippen molar-refractivity contribution in [1.82, 2.24) is 0 Å². The average Bonchev–Trinajstić information content (AvgIpc) is 2.39. The molecule has 19 heavy (non-hydrogen) atoms. The quantitative estimate of drug-likeness (QED) is 0.907. The zero-order chi connectivity index (χ0) is 13.8. The highest BCUT2D eigenvalue weighted by Gasteiger charge is 2.07. The molecule has 4 heteroatoms. The predicted molar refractivity (Wildman–Crippen MR) is 77.2 cm³/mol. The third-order valence-corrected chi connectivity index (χ3v) is 2.96. The number of hydrogen-bond acceptors (Lipinski definition) is 3. The number of rotatable bonds is 3. The van der Waals surface area contributed by atoms with E-state index in [4.69, 9.17) is 21.6 Å². The fourth-order valence-electron chi connectivity index (χ4n) is 1.78. The van der Waals surface area contributed by atoms with E-state index in [1.165, 1.54) is 0 Å². The summed E-state index contributed by atoms with van der Waals surface area (Å²) in [5, 5.41) is 12.9. The van der Waals surface area contributed by atoms with Gasteiger partial charge in [0, 0.05) is 5.02 Å². The first-order valence-corrected chi connectivity index (χ1v) is 6.13. The normalized spacial score (nSPS) is 9.79.